The van der Waals surface area contributed by atoms with Gasteiger partial charge < -0.3 is 15.0 Å². The highest BCUT2D eigenvalue weighted by Crippen LogP contribution is 2.36. The van der Waals surface area contributed by atoms with Crippen LogP contribution in [-0.2, 0) is 11.3 Å². The lowest BCUT2D eigenvalue weighted by atomic mass is 10.1. The van der Waals surface area contributed by atoms with E-state index in [9.17, 15) is 0 Å². The summed E-state index contributed by atoms with van der Waals surface area (Å²) >= 11 is 0. The van der Waals surface area contributed by atoms with Crippen LogP contribution in [0.3, 0.4) is 0 Å². The molecule has 1 fully saturated rings. The normalized spacial score (nSPS) is 16.1. The molecule has 1 saturated carbocycles. The number of ether oxygens (including phenoxy) is 1. The lowest BCUT2D eigenvalue weighted by Gasteiger charge is -2.30. The Labute approximate surface area is 122 Å². The summed E-state index contributed by atoms with van der Waals surface area (Å²) in [6, 6.07) is 4.86. The van der Waals surface area contributed by atoms with Crippen molar-refractivity contribution in [1.29, 1.82) is 0 Å². The maximum absolute atomic E-state index is 5.24. The van der Waals surface area contributed by atoms with Crippen molar-refractivity contribution in [2.24, 2.45) is 5.92 Å². The van der Waals surface area contributed by atoms with Crippen LogP contribution in [0.4, 0.5) is 5.82 Å². The van der Waals surface area contributed by atoms with Crippen LogP contribution in [0.2, 0.25) is 0 Å². The van der Waals surface area contributed by atoms with E-state index >= 15 is 0 Å². The second kappa shape index (κ2) is 7.60. The molecule has 1 aromatic rings. The molecule has 2 rings (SSSR count). The monoisotopic (exact) mass is 277 g/mol. The zero-order valence-corrected chi connectivity index (χ0v) is 12.9. The van der Waals surface area contributed by atoms with Crippen molar-refractivity contribution in [3.05, 3.63) is 23.9 Å². The lowest BCUT2D eigenvalue weighted by molar-refractivity contribution is 0.202. The Balaban J connectivity index is 2.02. The van der Waals surface area contributed by atoms with Gasteiger partial charge in [-0.1, -0.05) is 13.0 Å². The highest BCUT2D eigenvalue weighted by atomic mass is 16.5. The van der Waals surface area contributed by atoms with Gasteiger partial charge in [0.05, 0.1) is 6.61 Å². The van der Waals surface area contributed by atoms with E-state index in [4.69, 9.17) is 4.74 Å². The minimum Gasteiger partial charge on any atom is -0.383 e. The molecule has 112 valence electrons. The van der Waals surface area contributed by atoms with Crippen LogP contribution in [0, 0.1) is 5.92 Å². The number of nitrogens with one attached hydrogen (secondary N) is 1. The van der Waals surface area contributed by atoms with Gasteiger partial charge in [-0.15, -0.1) is 0 Å². The fourth-order valence-electron chi connectivity index (χ4n) is 2.51. The van der Waals surface area contributed by atoms with Gasteiger partial charge in [0, 0.05) is 32.4 Å². The van der Waals surface area contributed by atoms with E-state index < -0.39 is 0 Å². The molecule has 0 aromatic carbocycles. The van der Waals surface area contributed by atoms with Gasteiger partial charge in [0.15, 0.2) is 0 Å². The predicted octanol–water partition coefficient (Wildman–Crippen LogP) is 2.44. The van der Waals surface area contributed by atoms with Gasteiger partial charge in [-0.2, -0.15) is 0 Å². The standard InChI is InChI=1S/C16H27N3O/c1-4-17-11-14-5-8-16(18-12-14)19(9-10-20-3)13(2)15-6-7-15/h5,8,12-13,15,17H,4,6-7,9-11H2,1-3H3. The summed E-state index contributed by atoms with van der Waals surface area (Å²) < 4.78 is 5.24. The molecule has 0 aliphatic heterocycles. The topological polar surface area (TPSA) is 37.4 Å². The van der Waals surface area contributed by atoms with Crippen LogP contribution in [0.1, 0.15) is 32.3 Å². The van der Waals surface area contributed by atoms with Crippen molar-refractivity contribution >= 4 is 5.82 Å². The van der Waals surface area contributed by atoms with Crippen LogP contribution in [0.5, 0.6) is 0 Å². The Morgan fingerprint density at radius 2 is 2.25 bits per heavy atom. The zero-order valence-electron chi connectivity index (χ0n) is 12.9. The van der Waals surface area contributed by atoms with E-state index in [0.29, 0.717) is 6.04 Å². The van der Waals surface area contributed by atoms with Gasteiger partial charge in [-0.05, 0) is 43.9 Å². The summed E-state index contributed by atoms with van der Waals surface area (Å²) in [7, 11) is 1.76. The fraction of sp³-hybridized carbons (Fsp3) is 0.688. The van der Waals surface area contributed by atoms with Gasteiger partial charge in [-0.3, -0.25) is 0 Å². The summed E-state index contributed by atoms with van der Waals surface area (Å²) in [5, 5.41) is 3.32. The van der Waals surface area contributed by atoms with Gasteiger partial charge >= 0.3 is 0 Å². The number of hydrogen-bond acceptors (Lipinski definition) is 4. The van der Waals surface area contributed by atoms with Crippen molar-refractivity contribution in [3.63, 3.8) is 0 Å². The molecule has 0 radical (unpaired) electrons. The summed E-state index contributed by atoms with van der Waals surface area (Å²) in [5.41, 5.74) is 1.24. The first-order valence-corrected chi connectivity index (χ1v) is 7.67. The largest absolute Gasteiger partial charge is 0.383 e. The van der Waals surface area contributed by atoms with Gasteiger partial charge in [0.1, 0.15) is 5.82 Å². The fourth-order valence-corrected chi connectivity index (χ4v) is 2.51. The smallest absolute Gasteiger partial charge is 0.128 e. The second-order valence-corrected chi connectivity index (χ2v) is 5.57. The number of nitrogens with zero attached hydrogens (tertiary/aromatic N) is 2. The molecule has 1 aromatic heterocycles. The maximum atomic E-state index is 5.24. The molecule has 20 heavy (non-hydrogen) atoms. The molecule has 1 atom stereocenters. The van der Waals surface area contributed by atoms with E-state index in [-0.39, 0.29) is 0 Å². The predicted molar refractivity (Wildman–Crippen MR) is 83.0 cm³/mol. The van der Waals surface area contributed by atoms with Crippen molar-refractivity contribution in [2.75, 3.05) is 31.7 Å². The molecule has 4 heteroatoms. The van der Waals surface area contributed by atoms with E-state index in [1.807, 2.05) is 6.20 Å². The van der Waals surface area contributed by atoms with Gasteiger partial charge in [0.25, 0.3) is 0 Å². The molecule has 4 nitrogen and oxygen atoms in total. The van der Waals surface area contributed by atoms with Gasteiger partial charge in [-0.25, -0.2) is 4.98 Å². The summed E-state index contributed by atoms with van der Waals surface area (Å²) in [6.45, 7) is 7.96. The molecule has 1 unspecified atom stereocenters. The first-order valence-electron chi connectivity index (χ1n) is 7.67. The number of pyridine rings is 1. The maximum Gasteiger partial charge on any atom is 0.128 e. The summed E-state index contributed by atoms with van der Waals surface area (Å²) in [5.74, 6) is 1.90. The first-order chi connectivity index (χ1) is 9.76. The molecular weight excluding hydrogens is 250 g/mol. The second-order valence-electron chi connectivity index (χ2n) is 5.57. The number of rotatable bonds is 9. The Hall–Kier alpha value is -1.13. The number of aromatic nitrogens is 1. The van der Waals surface area contributed by atoms with Crippen molar-refractivity contribution in [2.45, 2.75) is 39.3 Å². The van der Waals surface area contributed by atoms with E-state index in [1.165, 1.54) is 18.4 Å². The Bertz CT molecular complexity index is 389. The van der Waals surface area contributed by atoms with Crippen molar-refractivity contribution < 1.29 is 4.74 Å². The average Bonchev–Trinajstić information content (AvgIpc) is 3.31. The molecular formula is C16H27N3O. The molecule has 0 bridgehead atoms. The van der Waals surface area contributed by atoms with Crippen molar-refractivity contribution in [1.82, 2.24) is 10.3 Å². The lowest BCUT2D eigenvalue weighted by Crippen LogP contribution is -2.37. The number of methoxy groups -OCH3 is 1. The van der Waals surface area contributed by atoms with Gasteiger partial charge in [0.2, 0.25) is 0 Å². The minimum absolute atomic E-state index is 0.553. The third kappa shape index (κ3) is 4.18. The molecule has 0 amide bonds. The van der Waals surface area contributed by atoms with Crippen molar-refractivity contribution in [3.8, 4) is 0 Å². The molecule has 1 aliphatic carbocycles. The molecule has 0 saturated heterocycles. The van der Waals surface area contributed by atoms with Crippen LogP contribution in [0.25, 0.3) is 0 Å². The summed E-state index contributed by atoms with van der Waals surface area (Å²) in [6.07, 6.45) is 4.68. The number of hydrogen-bond donors (Lipinski definition) is 1. The SMILES string of the molecule is CCNCc1ccc(N(CCOC)C(C)C2CC2)nc1. The van der Waals surface area contributed by atoms with Crippen LogP contribution < -0.4 is 10.2 Å². The molecule has 1 heterocycles. The van der Waals surface area contributed by atoms with E-state index in [0.717, 1.165) is 38.0 Å². The Kier molecular flexibility index (Phi) is 5.80. The quantitative estimate of drug-likeness (QED) is 0.752. The zero-order chi connectivity index (χ0) is 14.4. The molecule has 1 N–H and O–H groups in total. The summed E-state index contributed by atoms with van der Waals surface area (Å²) in [4.78, 5) is 7.03. The Morgan fingerprint density at radius 1 is 1.45 bits per heavy atom. The Morgan fingerprint density at radius 3 is 2.80 bits per heavy atom. The molecule has 0 spiro atoms. The first kappa shape index (κ1) is 15.3. The van der Waals surface area contributed by atoms with E-state index in [1.54, 1.807) is 7.11 Å². The van der Waals surface area contributed by atoms with E-state index in [2.05, 4.69) is 41.2 Å². The highest BCUT2D eigenvalue weighted by Gasteiger charge is 2.32. The minimum atomic E-state index is 0.553. The average molecular weight is 277 g/mol. The van der Waals surface area contributed by atoms with Crippen LogP contribution >= 0.6 is 0 Å². The number of anilines is 1. The van der Waals surface area contributed by atoms with Crippen LogP contribution in [0.15, 0.2) is 18.3 Å². The highest BCUT2D eigenvalue weighted by molar-refractivity contribution is 5.41. The third-order valence-corrected chi connectivity index (χ3v) is 4.01. The molecule has 1 aliphatic rings. The third-order valence-electron chi connectivity index (χ3n) is 4.01. The van der Waals surface area contributed by atoms with Crippen LogP contribution in [-0.4, -0.2) is 37.8 Å².